The van der Waals surface area contributed by atoms with Gasteiger partial charge < -0.3 is 5.32 Å². The van der Waals surface area contributed by atoms with Crippen LogP contribution in [0.2, 0.25) is 10.0 Å². The number of anilines is 2. The quantitative estimate of drug-likeness (QED) is 0.575. The van der Waals surface area contributed by atoms with Crippen molar-refractivity contribution in [3.05, 3.63) is 88.2 Å². The first-order valence-corrected chi connectivity index (χ1v) is 10.1. The van der Waals surface area contributed by atoms with Crippen molar-refractivity contribution in [3.8, 4) is 0 Å². The molecule has 144 valence electrons. The Hall–Kier alpha value is -2.61. The Balaban J connectivity index is 1.83. The molecule has 0 aliphatic rings. The van der Waals surface area contributed by atoms with Crippen LogP contribution in [0.4, 0.5) is 15.8 Å². The summed E-state index contributed by atoms with van der Waals surface area (Å²) in [7, 11) is -3.87. The molecule has 0 saturated heterocycles. The first-order chi connectivity index (χ1) is 13.2. The third-order valence-corrected chi connectivity index (χ3v) is 5.67. The molecule has 0 aromatic heterocycles. The molecule has 0 aliphatic carbocycles. The molecule has 1 amide bonds. The van der Waals surface area contributed by atoms with E-state index in [1.165, 1.54) is 66.7 Å². The van der Waals surface area contributed by atoms with Gasteiger partial charge in [-0.05, 0) is 66.7 Å². The molecule has 0 radical (unpaired) electrons. The van der Waals surface area contributed by atoms with Crippen molar-refractivity contribution >= 4 is 50.5 Å². The van der Waals surface area contributed by atoms with Crippen molar-refractivity contribution in [1.29, 1.82) is 0 Å². The first-order valence-electron chi connectivity index (χ1n) is 7.89. The van der Waals surface area contributed by atoms with Crippen LogP contribution in [0.3, 0.4) is 0 Å². The highest BCUT2D eigenvalue weighted by molar-refractivity contribution is 7.92. The largest absolute Gasteiger partial charge is 0.322 e. The van der Waals surface area contributed by atoms with Crippen LogP contribution in [0.1, 0.15) is 10.4 Å². The summed E-state index contributed by atoms with van der Waals surface area (Å²) in [5.41, 5.74) is 0.584. The molecule has 0 atom stereocenters. The summed E-state index contributed by atoms with van der Waals surface area (Å²) in [6.45, 7) is 0. The molecule has 3 aromatic carbocycles. The maximum Gasteiger partial charge on any atom is 0.261 e. The average molecular weight is 439 g/mol. The van der Waals surface area contributed by atoms with E-state index in [0.717, 1.165) is 0 Å². The minimum atomic E-state index is -3.87. The topological polar surface area (TPSA) is 75.3 Å². The predicted molar refractivity (Wildman–Crippen MR) is 108 cm³/mol. The Morgan fingerprint density at radius 3 is 2.11 bits per heavy atom. The molecular weight excluding hydrogens is 426 g/mol. The van der Waals surface area contributed by atoms with E-state index in [4.69, 9.17) is 23.2 Å². The summed E-state index contributed by atoms with van der Waals surface area (Å²) in [5.74, 6) is -1.00. The van der Waals surface area contributed by atoms with Crippen LogP contribution in [0.5, 0.6) is 0 Å². The Kier molecular flexibility index (Phi) is 5.88. The number of hydrogen-bond donors (Lipinski definition) is 2. The van der Waals surface area contributed by atoms with Crippen molar-refractivity contribution in [2.45, 2.75) is 4.90 Å². The number of nitrogens with one attached hydrogen (secondary N) is 2. The standard InChI is InChI=1S/C19H13Cl2FN2O3S/c20-12-1-8-16(9-2-12)28(26,27)24-15-7-10-18(21)17(11-15)19(25)23-14-5-3-13(22)4-6-14/h1-11,24H,(H,23,25). The van der Waals surface area contributed by atoms with Gasteiger partial charge in [-0.1, -0.05) is 23.2 Å². The van der Waals surface area contributed by atoms with Crippen molar-refractivity contribution in [2.75, 3.05) is 10.0 Å². The summed E-state index contributed by atoms with van der Waals surface area (Å²) in [4.78, 5) is 12.5. The van der Waals surface area contributed by atoms with E-state index in [1.54, 1.807) is 0 Å². The Morgan fingerprint density at radius 1 is 0.857 bits per heavy atom. The van der Waals surface area contributed by atoms with Crippen LogP contribution in [0.15, 0.2) is 71.6 Å². The Morgan fingerprint density at radius 2 is 1.46 bits per heavy atom. The van der Waals surface area contributed by atoms with Crippen LogP contribution in [0, 0.1) is 5.82 Å². The number of carbonyl (C=O) groups excluding carboxylic acids is 1. The van der Waals surface area contributed by atoms with Gasteiger partial charge in [-0.3, -0.25) is 9.52 Å². The van der Waals surface area contributed by atoms with E-state index in [2.05, 4.69) is 10.0 Å². The molecule has 0 aliphatic heterocycles. The molecule has 0 bridgehead atoms. The normalized spacial score (nSPS) is 11.1. The van der Waals surface area contributed by atoms with Gasteiger partial charge in [0.05, 0.1) is 15.5 Å². The van der Waals surface area contributed by atoms with Crippen molar-refractivity contribution in [3.63, 3.8) is 0 Å². The summed E-state index contributed by atoms with van der Waals surface area (Å²) < 4.78 is 40.3. The molecule has 0 unspecified atom stereocenters. The fourth-order valence-corrected chi connectivity index (χ4v) is 3.70. The summed E-state index contributed by atoms with van der Waals surface area (Å²) >= 11 is 11.9. The third kappa shape index (κ3) is 4.81. The maximum atomic E-state index is 13.0. The van der Waals surface area contributed by atoms with Gasteiger partial charge in [0.2, 0.25) is 0 Å². The molecule has 2 N–H and O–H groups in total. The zero-order chi connectivity index (χ0) is 20.3. The van der Waals surface area contributed by atoms with Crippen molar-refractivity contribution in [2.24, 2.45) is 0 Å². The SMILES string of the molecule is O=C(Nc1ccc(F)cc1)c1cc(NS(=O)(=O)c2ccc(Cl)cc2)ccc1Cl. The van der Waals surface area contributed by atoms with Gasteiger partial charge in [-0.15, -0.1) is 0 Å². The second-order valence-corrected chi connectivity index (χ2v) is 8.24. The number of hydrogen-bond acceptors (Lipinski definition) is 3. The minimum absolute atomic E-state index is 0.0177. The van der Waals surface area contributed by atoms with E-state index in [9.17, 15) is 17.6 Å². The van der Waals surface area contributed by atoms with E-state index >= 15 is 0 Å². The lowest BCUT2D eigenvalue weighted by atomic mass is 10.2. The van der Waals surface area contributed by atoms with Gasteiger partial charge in [-0.2, -0.15) is 0 Å². The number of rotatable bonds is 5. The van der Waals surface area contributed by atoms with Crippen LogP contribution < -0.4 is 10.0 Å². The lowest BCUT2D eigenvalue weighted by molar-refractivity contribution is 0.102. The third-order valence-electron chi connectivity index (χ3n) is 3.69. The molecule has 9 heteroatoms. The highest BCUT2D eigenvalue weighted by Gasteiger charge is 2.17. The molecule has 0 fully saturated rings. The fraction of sp³-hybridized carbons (Fsp3) is 0. The second-order valence-electron chi connectivity index (χ2n) is 5.72. The zero-order valence-electron chi connectivity index (χ0n) is 14.1. The van der Waals surface area contributed by atoms with Crippen molar-refractivity contribution in [1.82, 2.24) is 0 Å². The smallest absolute Gasteiger partial charge is 0.261 e. The number of halogens is 3. The zero-order valence-corrected chi connectivity index (χ0v) is 16.4. The summed E-state index contributed by atoms with van der Waals surface area (Å²) in [6, 6.07) is 15.0. The number of sulfonamides is 1. The first kappa shape index (κ1) is 20.1. The highest BCUT2D eigenvalue weighted by atomic mass is 35.5. The van der Waals surface area contributed by atoms with Gasteiger partial charge in [0.25, 0.3) is 15.9 Å². The van der Waals surface area contributed by atoms with Gasteiger partial charge in [0, 0.05) is 16.4 Å². The van der Waals surface area contributed by atoms with Gasteiger partial charge in [0.1, 0.15) is 5.82 Å². The van der Waals surface area contributed by atoms with Gasteiger partial charge in [0.15, 0.2) is 0 Å². The summed E-state index contributed by atoms with van der Waals surface area (Å²) in [5, 5.41) is 3.11. The fourth-order valence-electron chi connectivity index (χ4n) is 2.32. The summed E-state index contributed by atoms with van der Waals surface area (Å²) in [6.07, 6.45) is 0. The predicted octanol–water partition coefficient (Wildman–Crippen LogP) is 5.19. The van der Waals surface area contributed by atoms with Crippen LogP contribution >= 0.6 is 23.2 Å². The lowest BCUT2D eigenvalue weighted by Crippen LogP contribution is -2.15. The lowest BCUT2D eigenvalue weighted by Gasteiger charge is -2.11. The van der Waals surface area contributed by atoms with Crippen LogP contribution in [-0.2, 0) is 10.0 Å². The van der Waals surface area contributed by atoms with Crippen molar-refractivity contribution < 1.29 is 17.6 Å². The molecule has 3 aromatic rings. The number of carbonyl (C=O) groups is 1. The molecule has 0 saturated carbocycles. The number of benzene rings is 3. The highest BCUT2D eigenvalue weighted by Crippen LogP contribution is 2.24. The molecule has 3 rings (SSSR count). The monoisotopic (exact) mass is 438 g/mol. The Bertz CT molecular complexity index is 1120. The molecular formula is C19H13Cl2FN2O3S. The molecule has 0 spiro atoms. The molecule has 28 heavy (non-hydrogen) atoms. The average Bonchev–Trinajstić information content (AvgIpc) is 2.65. The van der Waals surface area contributed by atoms with E-state index in [0.29, 0.717) is 10.7 Å². The molecule has 5 nitrogen and oxygen atoms in total. The van der Waals surface area contributed by atoms with Gasteiger partial charge in [-0.25, -0.2) is 12.8 Å². The van der Waals surface area contributed by atoms with E-state index < -0.39 is 21.7 Å². The van der Waals surface area contributed by atoms with E-state index in [1.807, 2.05) is 0 Å². The van der Waals surface area contributed by atoms with Gasteiger partial charge >= 0.3 is 0 Å². The van der Waals surface area contributed by atoms with E-state index in [-0.39, 0.29) is 21.2 Å². The van der Waals surface area contributed by atoms with Crippen LogP contribution in [0.25, 0.3) is 0 Å². The minimum Gasteiger partial charge on any atom is -0.322 e. The Labute approximate surface area is 171 Å². The maximum absolute atomic E-state index is 13.0. The number of amides is 1. The van der Waals surface area contributed by atoms with Crippen LogP contribution in [-0.4, -0.2) is 14.3 Å². The second kappa shape index (κ2) is 8.18. The molecule has 0 heterocycles.